The number of ether oxygens (including phenoxy) is 1. The number of hydrogen-bond acceptors (Lipinski definition) is 3. The number of carbonyl (C=O) groups excluding carboxylic acids is 1. The van der Waals surface area contributed by atoms with Gasteiger partial charge in [0.1, 0.15) is 11.6 Å². The van der Waals surface area contributed by atoms with Crippen molar-refractivity contribution in [2.24, 2.45) is 0 Å². The predicted octanol–water partition coefficient (Wildman–Crippen LogP) is 1.98. The van der Waals surface area contributed by atoms with Gasteiger partial charge < -0.3 is 15.4 Å². The van der Waals surface area contributed by atoms with E-state index < -0.39 is 0 Å². The maximum Gasteiger partial charge on any atom is 0.219 e. The first-order valence-corrected chi connectivity index (χ1v) is 7.04. The van der Waals surface area contributed by atoms with E-state index in [1.807, 2.05) is 0 Å². The summed E-state index contributed by atoms with van der Waals surface area (Å²) in [5, 5.41) is 5.92. The van der Waals surface area contributed by atoms with Gasteiger partial charge in [-0.3, -0.25) is 4.79 Å². The van der Waals surface area contributed by atoms with Gasteiger partial charge in [0.2, 0.25) is 5.91 Å². The summed E-state index contributed by atoms with van der Waals surface area (Å²) < 4.78 is 18.9. The highest BCUT2D eigenvalue weighted by atomic mass is 19.1. The van der Waals surface area contributed by atoms with Gasteiger partial charge in [0.05, 0.1) is 6.61 Å². The topological polar surface area (TPSA) is 50.4 Å². The number of amides is 1. The highest BCUT2D eigenvalue weighted by molar-refractivity contribution is 5.75. The third kappa shape index (κ3) is 4.81. The Kier molecular flexibility index (Phi) is 5.35. The highest BCUT2D eigenvalue weighted by Gasteiger charge is 2.20. The second-order valence-electron chi connectivity index (χ2n) is 5.03. The first-order chi connectivity index (χ1) is 9.69. The lowest BCUT2D eigenvalue weighted by molar-refractivity contribution is -0.120. The predicted molar refractivity (Wildman–Crippen MR) is 75.1 cm³/mol. The summed E-state index contributed by atoms with van der Waals surface area (Å²) in [5.74, 6) is 0.440. The van der Waals surface area contributed by atoms with Gasteiger partial charge in [-0.05, 0) is 37.5 Å². The minimum Gasteiger partial charge on any atom is -0.493 e. The molecule has 1 aromatic rings. The molecule has 0 unspecified atom stereocenters. The van der Waals surface area contributed by atoms with Gasteiger partial charge in [-0.1, -0.05) is 0 Å². The summed E-state index contributed by atoms with van der Waals surface area (Å²) in [6, 6.07) is 5.12. The first kappa shape index (κ1) is 14.8. The molecule has 0 bridgehead atoms. The monoisotopic (exact) mass is 280 g/mol. The van der Waals surface area contributed by atoms with Crippen molar-refractivity contribution in [1.82, 2.24) is 10.6 Å². The van der Waals surface area contributed by atoms with Crippen molar-refractivity contribution in [1.29, 1.82) is 0 Å². The number of nitrogens with one attached hydrogen (secondary N) is 2. The van der Waals surface area contributed by atoms with Crippen LogP contribution in [0.3, 0.4) is 0 Å². The minimum absolute atomic E-state index is 0.00308. The molecule has 0 saturated heterocycles. The van der Waals surface area contributed by atoms with Crippen LogP contribution in [0, 0.1) is 5.82 Å². The summed E-state index contributed by atoms with van der Waals surface area (Å²) in [6.45, 7) is 1.07. The van der Waals surface area contributed by atoms with Crippen LogP contribution in [-0.4, -0.2) is 25.6 Å². The number of halogens is 1. The molecule has 2 N–H and O–H groups in total. The molecule has 1 aromatic carbocycles. The summed E-state index contributed by atoms with van der Waals surface area (Å²) in [7, 11) is 1.62. The van der Waals surface area contributed by atoms with E-state index >= 15 is 0 Å². The van der Waals surface area contributed by atoms with Crippen LogP contribution in [0.2, 0.25) is 0 Å². The lowest BCUT2D eigenvalue weighted by Gasteiger charge is -2.12. The number of benzene rings is 1. The van der Waals surface area contributed by atoms with E-state index in [1.165, 1.54) is 25.0 Å². The molecular weight excluding hydrogens is 259 g/mol. The summed E-state index contributed by atoms with van der Waals surface area (Å²) in [5.41, 5.74) is 0.830. The average Bonchev–Trinajstić information content (AvgIpc) is 3.26. The highest BCUT2D eigenvalue weighted by Crippen LogP contribution is 2.23. The van der Waals surface area contributed by atoms with Crippen LogP contribution in [0.4, 0.5) is 4.39 Å². The van der Waals surface area contributed by atoms with E-state index in [0.29, 0.717) is 37.8 Å². The molecule has 20 heavy (non-hydrogen) atoms. The Hall–Kier alpha value is -1.62. The zero-order valence-electron chi connectivity index (χ0n) is 11.7. The molecule has 110 valence electrons. The van der Waals surface area contributed by atoms with Gasteiger partial charge in [-0.2, -0.15) is 0 Å². The van der Waals surface area contributed by atoms with E-state index in [2.05, 4.69) is 10.6 Å². The molecule has 2 rings (SSSR count). The summed E-state index contributed by atoms with van der Waals surface area (Å²) in [6.07, 6.45) is 3.47. The quantitative estimate of drug-likeness (QED) is 0.716. The SMILES string of the molecule is CNC(=O)CCCOc1ccc(F)cc1CNC1CC1. The number of rotatable bonds is 8. The van der Waals surface area contributed by atoms with Gasteiger partial charge in [-0.25, -0.2) is 4.39 Å². The molecule has 1 saturated carbocycles. The molecule has 0 spiro atoms. The Bertz CT molecular complexity index is 461. The third-order valence-corrected chi connectivity index (χ3v) is 3.27. The van der Waals surface area contributed by atoms with Crippen LogP contribution in [0.1, 0.15) is 31.2 Å². The molecule has 0 atom stereocenters. The molecule has 0 heterocycles. The van der Waals surface area contributed by atoms with Crippen molar-refractivity contribution in [2.75, 3.05) is 13.7 Å². The van der Waals surface area contributed by atoms with Crippen molar-refractivity contribution < 1.29 is 13.9 Å². The van der Waals surface area contributed by atoms with E-state index in [9.17, 15) is 9.18 Å². The number of hydrogen-bond donors (Lipinski definition) is 2. The standard InChI is InChI=1S/C15H21FN2O2/c1-17-15(19)3-2-8-20-14-7-4-12(16)9-11(14)10-18-13-5-6-13/h4,7,9,13,18H,2-3,5-6,8,10H2,1H3,(H,17,19). The van der Waals surface area contributed by atoms with Crippen LogP contribution in [0.15, 0.2) is 18.2 Å². The molecule has 0 aromatic heterocycles. The van der Waals surface area contributed by atoms with Crippen molar-refractivity contribution in [3.63, 3.8) is 0 Å². The fourth-order valence-corrected chi connectivity index (χ4v) is 1.91. The molecule has 0 radical (unpaired) electrons. The lowest BCUT2D eigenvalue weighted by atomic mass is 10.2. The Morgan fingerprint density at radius 2 is 2.25 bits per heavy atom. The second kappa shape index (κ2) is 7.24. The molecule has 1 fully saturated rings. The molecule has 1 aliphatic rings. The Morgan fingerprint density at radius 3 is 2.95 bits per heavy atom. The Labute approximate surface area is 118 Å². The van der Waals surface area contributed by atoms with Crippen molar-refractivity contribution in [3.8, 4) is 5.75 Å². The van der Waals surface area contributed by atoms with Gasteiger partial charge >= 0.3 is 0 Å². The van der Waals surface area contributed by atoms with Crippen LogP contribution in [0.5, 0.6) is 5.75 Å². The van der Waals surface area contributed by atoms with E-state index in [-0.39, 0.29) is 11.7 Å². The Balaban J connectivity index is 1.83. The lowest BCUT2D eigenvalue weighted by Crippen LogP contribution is -2.18. The van der Waals surface area contributed by atoms with E-state index in [4.69, 9.17) is 4.74 Å². The molecule has 0 aliphatic heterocycles. The zero-order chi connectivity index (χ0) is 14.4. The molecular formula is C15H21FN2O2. The van der Waals surface area contributed by atoms with Gasteiger partial charge in [0.15, 0.2) is 0 Å². The molecule has 1 aliphatic carbocycles. The van der Waals surface area contributed by atoms with Gasteiger partial charge in [0.25, 0.3) is 0 Å². The molecule has 5 heteroatoms. The number of carbonyl (C=O) groups is 1. The fraction of sp³-hybridized carbons (Fsp3) is 0.533. The van der Waals surface area contributed by atoms with Crippen molar-refractivity contribution in [3.05, 3.63) is 29.6 Å². The average molecular weight is 280 g/mol. The maximum atomic E-state index is 13.3. The smallest absolute Gasteiger partial charge is 0.219 e. The van der Waals surface area contributed by atoms with Gasteiger partial charge in [-0.15, -0.1) is 0 Å². The largest absolute Gasteiger partial charge is 0.493 e. The van der Waals surface area contributed by atoms with E-state index in [1.54, 1.807) is 13.1 Å². The fourth-order valence-electron chi connectivity index (χ4n) is 1.91. The van der Waals surface area contributed by atoms with Crippen LogP contribution in [0.25, 0.3) is 0 Å². The Morgan fingerprint density at radius 1 is 1.45 bits per heavy atom. The van der Waals surface area contributed by atoms with Crippen molar-refractivity contribution in [2.45, 2.75) is 38.3 Å². The summed E-state index contributed by atoms with van der Waals surface area (Å²) in [4.78, 5) is 11.1. The zero-order valence-corrected chi connectivity index (χ0v) is 11.7. The summed E-state index contributed by atoms with van der Waals surface area (Å²) >= 11 is 0. The van der Waals surface area contributed by atoms with Crippen LogP contribution >= 0.6 is 0 Å². The second-order valence-corrected chi connectivity index (χ2v) is 5.03. The third-order valence-electron chi connectivity index (χ3n) is 3.27. The maximum absolute atomic E-state index is 13.3. The van der Waals surface area contributed by atoms with Crippen LogP contribution < -0.4 is 15.4 Å². The first-order valence-electron chi connectivity index (χ1n) is 7.04. The molecule has 4 nitrogen and oxygen atoms in total. The van der Waals surface area contributed by atoms with Gasteiger partial charge in [0, 0.05) is 31.6 Å². The normalized spacial score (nSPS) is 14.1. The van der Waals surface area contributed by atoms with E-state index in [0.717, 1.165) is 5.56 Å². The minimum atomic E-state index is -0.254. The van der Waals surface area contributed by atoms with Crippen molar-refractivity contribution >= 4 is 5.91 Å². The van der Waals surface area contributed by atoms with Crippen LogP contribution in [-0.2, 0) is 11.3 Å². The molecule has 1 amide bonds.